The lowest BCUT2D eigenvalue weighted by Crippen LogP contribution is -2.27. The number of rotatable bonds is 4. The zero-order valence-electron chi connectivity index (χ0n) is 11.4. The standard InChI is InChI=1S/C15H18ClFO3/c1-19-15(18)10-2-5-13(6-3-10)20-9-11-8-12(16)4-7-14(11)17/h4,7-8,10,13H,2-3,5-6,9H2,1H3. The lowest BCUT2D eigenvalue weighted by molar-refractivity contribution is -0.147. The third kappa shape index (κ3) is 3.93. The number of hydrogen-bond acceptors (Lipinski definition) is 3. The second-order valence-electron chi connectivity index (χ2n) is 5.04. The Bertz CT molecular complexity index is 470. The van der Waals surface area contributed by atoms with Gasteiger partial charge in [-0.1, -0.05) is 11.6 Å². The molecule has 20 heavy (non-hydrogen) atoms. The van der Waals surface area contributed by atoms with Gasteiger partial charge in [-0.05, 0) is 43.9 Å². The fourth-order valence-corrected chi connectivity index (χ4v) is 2.69. The Hall–Kier alpha value is -1.13. The Kier molecular flexibility index (Phi) is 5.38. The Morgan fingerprint density at radius 3 is 2.70 bits per heavy atom. The second kappa shape index (κ2) is 7.04. The minimum Gasteiger partial charge on any atom is -0.469 e. The van der Waals surface area contributed by atoms with Gasteiger partial charge < -0.3 is 9.47 Å². The molecule has 0 saturated heterocycles. The van der Waals surface area contributed by atoms with Crippen molar-refractivity contribution in [1.29, 1.82) is 0 Å². The van der Waals surface area contributed by atoms with Crippen LogP contribution in [0.4, 0.5) is 4.39 Å². The predicted molar refractivity (Wildman–Crippen MR) is 74.0 cm³/mol. The highest BCUT2D eigenvalue weighted by Gasteiger charge is 2.27. The van der Waals surface area contributed by atoms with Crippen LogP contribution in [0.3, 0.4) is 0 Å². The Morgan fingerprint density at radius 2 is 2.05 bits per heavy atom. The number of methoxy groups -OCH3 is 1. The van der Waals surface area contributed by atoms with Gasteiger partial charge in [0.25, 0.3) is 0 Å². The summed E-state index contributed by atoms with van der Waals surface area (Å²) in [6.07, 6.45) is 3.17. The van der Waals surface area contributed by atoms with Crippen molar-refractivity contribution < 1.29 is 18.7 Å². The molecule has 1 aliphatic carbocycles. The molecule has 1 aromatic carbocycles. The van der Waals surface area contributed by atoms with Crippen LogP contribution < -0.4 is 0 Å². The maximum atomic E-state index is 13.5. The maximum absolute atomic E-state index is 13.5. The number of benzene rings is 1. The van der Waals surface area contributed by atoms with E-state index in [4.69, 9.17) is 21.1 Å². The third-order valence-corrected chi connectivity index (χ3v) is 3.93. The van der Waals surface area contributed by atoms with Crippen molar-refractivity contribution in [1.82, 2.24) is 0 Å². The van der Waals surface area contributed by atoms with Gasteiger partial charge in [-0.3, -0.25) is 4.79 Å². The fraction of sp³-hybridized carbons (Fsp3) is 0.533. The molecule has 5 heteroatoms. The van der Waals surface area contributed by atoms with E-state index in [1.807, 2.05) is 0 Å². The Morgan fingerprint density at radius 1 is 1.35 bits per heavy atom. The van der Waals surface area contributed by atoms with E-state index in [1.54, 1.807) is 6.07 Å². The molecule has 110 valence electrons. The topological polar surface area (TPSA) is 35.5 Å². The lowest BCUT2D eigenvalue weighted by Gasteiger charge is -2.27. The van der Waals surface area contributed by atoms with Crippen molar-refractivity contribution in [2.45, 2.75) is 38.4 Å². The van der Waals surface area contributed by atoms with Crippen LogP contribution in [-0.2, 0) is 20.9 Å². The molecule has 0 aliphatic heterocycles. The monoisotopic (exact) mass is 300 g/mol. The van der Waals surface area contributed by atoms with Crippen molar-refractivity contribution in [2.24, 2.45) is 5.92 Å². The second-order valence-corrected chi connectivity index (χ2v) is 5.48. The molecule has 2 rings (SSSR count). The van der Waals surface area contributed by atoms with E-state index in [2.05, 4.69) is 0 Å². The average Bonchev–Trinajstić information content (AvgIpc) is 2.48. The summed E-state index contributed by atoms with van der Waals surface area (Å²) in [4.78, 5) is 11.4. The van der Waals surface area contributed by atoms with E-state index < -0.39 is 0 Å². The SMILES string of the molecule is COC(=O)C1CCC(OCc2cc(Cl)ccc2F)CC1. The normalized spacial score (nSPS) is 22.6. The quantitative estimate of drug-likeness (QED) is 0.795. The highest BCUT2D eigenvalue weighted by atomic mass is 35.5. The molecule has 0 amide bonds. The van der Waals surface area contributed by atoms with Gasteiger partial charge >= 0.3 is 5.97 Å². The Labute approximate surface area is 123 Å². The first-order valence-electron chi connectivity index (χ1n) is 6.73. The van der Waals surface area contributed by atoms with E-state index in [0.29, 0.717) is 10.6 Å². The zero-order chi connectivity index (χ0) is 14.5. The molecular weight excluding hydrogens is 283 g/mol. The van der Waals surface area contributed by atoms with Crippen LogP contribution in [0.1, 0.15) is 31.2 Å². The van der Waals surface area contributed by atoms with Crippen LogP contribution in [0, 0.1) is 11.7 Å². The van der Waals surface area contributed by atoms with Gasteiger partial charge in [-0.15, -0.1) is 0 Å². The molecule has 1 aromatic rings. The van der Waals surface area contributed by atoms with Gasteiger partial charge in [0.05, 0.1) is 25.7 Å². The fourth-order valence-electron chi connectivity index (χ4n) is 2.49. The van der Waals surface area contributed by atoms with Gasteiger partial charge in [0.15, 0.2) is 0 Å². The molecule has 3 nitrogen and oxygen atoms in total. The summed E-state index contributed by atoms with van der Waals surface area (Å²) in [5.41, 5.74) is 0.465. The van der Waals surface area contributed by atoms with Crippen LogP contribution in [0.25, 0.3) is 0 Å². The summed E-state index contributed by atoms with van der Waals surface area (Å²) >= 11 is 5.83. The first kappa shape index (κ1) is 15.3. The van der Waals surface area contributed by atoms with Gasteiger partial charge in [0, 0.05) is 10.6 Å². The largest absolute Gasteiger partial charge is 0.469 e. The first-order valence-corrected chi connectivity index (χ1v) is 7.11. The number of esters is 1. The van der Waals surface area contributed by atoms with Gasteiger partial charge in [0.2, 0.25) is 0 Å². The maximum Gasteiger partial charge on any atom is 0.308 e. The Balaban J connectivity index is 1.81. The molecular formula is C15H18ClFO3. The molecule has 0 spiro atoms. The summed E-state index contributed by atoms with van der Waals surface area (Å²) in [5, 5.41) is 0.499. The first-order chi connectivity index (χ1) is 9.60. The minimum atomic E-state index is -0.308. The molecule has 1 saturated carbocycles. The third-order valence-electron chi connectivity index (χ3n) is 3.69. The molecule has 0 aromatic heterocycles. The van der Waals surface area contributed by atoms with E-state index in [9.17, 15) is 9.18 Å². The predicted octanol–water partition coefficient (Wildman–Crippen LogP) is 3.73. The summed E-state index contributed by atoms with van der Waals surface area (Å²) < 4.78 is 24.0. The molecule has 0 N–H and O–H groups in total. The lowest BCUT2D eigenvalue weighted by atomic mass is 9.87. The highest BCUT2D eigenvalue weighted by Crippen LogP contribution is 2.28. The van der Waals surface area contributed by atoms with Crippen LogP contribution in [-0.4, -0.2) is 19.2 Å². The van der Waals surface area contributed by atoms with Crippen molar-refractivity contribution in [2.75, 3.05) is 7.11 Å². The van der Waals surface area contributed by atoms with Crippen LogP contribution in [0.5, 0.6) is 0 Å². The molecule has 0 unspecified atom stereocenters. The van der Waals surface area contributed by atoms with Crippen molar-refractivity contribution >= 4 is 17.6 Å². The minimum absolute atomic E-state index is 0.0252. The zero-order valence-corrected chi connectivity index (χ0v) is 12.2. The molecule has 1 fully saturated rings. The van der Waals surface area contributed by atoms with E-state index in [-0.39, 0.29) is 30.4 Å². The van der Waals surface area contributed by atoms with Crippen LogP contribution in [0.15, 0.2) is 18.2 Å². The van der Waals surface area contributed by atoms with Crippen molar-refractivity contribution in [3.05, 3.63) is 34.6 Å². The number of ether oxygens (including phenoxy) is 2. The highest BCUT2D eigenvalue weighted by molar-refractivity contribution is 6.30. The van der Waals surface area contributed by atoms with Gasteiger partial charge in [0.1, 0.15) is 5.82 Å². The summed E-state index contributed by atoms with van der Waals surface area (Å²) in [6, 6.07) is 4.44. The average molecular weight is 301 g/mol. The summed E-state index contributed by atoms with van der Waals surface area (Å²) in [6.45, 7) is 0.208. The summed E-state index contributed by atoms with van der Waals surface area (Å²) in [7, 11) is 1.41. The van der Waals surface area contributed by atoms with Gasteiger partial charge in [-0.2, -0.15) is 0 Å². The van der Waals surface area contributed by atoms with Crippen molar-refractivity contribution in [3.8, 4) is 0 Å². The summed E-state index contributed by atoms with van der Waals surface area (Å²) in [5.74, 6) is -0.482. The number of hydrogen-bond donors (Lipinski definition) is 0. The number of carbonyl (C=O) groups excluding carboxylic acids is 1. The van der Waals surface area contributed by atoms with Crippen LogP contribution in [0.2, 0.25) is 5.02 Å². The van der Waals surface area contributed by atoms with E-state index in [1.165, 1.54) is 19.2 Å². The molecule has 0 heterocycles. The van der Waals surface area contributed by atoms with E-state index >= 15 is 0 Å². The molecule has 1 aliphatic rings. The molecule has 0 radical (unpaired) electrons. The number of carbonyl (C=O) groups is 1. The smallest absolute Gasteiger partial charge is 0.308 e. The number of halogens is 2. The molecule has 0 bridgehead atoms. The molecule has 0 atom stereocenters. The van der Waals surface area contributed by atoms with E-state index in [0.717, 1.165) is 25.7 Å². The van der Waals surface area contributed by atoms with Crippen LogP contribution >= 0.6 is 11.6 Å². The van der Waals surface area contributed by atoms with Crippen molar-refractivity contribution in [3.63, 3.8) is 0 Å². The van der Waals surface area contributed by atoms with Gasteiger partial charge in [-0.25, -0.2) is 4.39 Å².